The van der Waals surface area contributed by atoms with E-state index in [0.717, 1.165) is 42.4 Å². The Labute approximate surface area is 87.9 Å². The fourth-order valence-electron chi connectivity index (χ4n) is 3.61. The lowest BCUT2D eigenvalue weighted by Gasteiger charge is -2.23. The summed E-state index contributed by atoms with van der Waals surface area (Å²) in [5.41, 5.74) is 0. The zero-order valence-electron chi connectivity index (χ0n) is 9.74. The van der Waals surface area contributed by atoms with E-state index in [2.05, 4.69) is 20.8 Å². The molecule has 2 aliphatic carbocycles. The molecule has 0 heterocycles. The van der Waals surface area contributed by atoms with E-state index in [0.29, 0.717) is 0 Å². The van der Waals surface area contributed by atoms with Crippen LogP contribution in [0.1, 0.15) is 46.5 Å². The van der Waals surface area contributed by atoms with Gasteiger partial charge in [-0.1, -0.05) is 20.8 Å². The van der Waals surface area contributed by atoms with Crippen molar-refractivity contribution in [3.63, 3.8) is 0 Å². The highest BCUT2D eigenvalue weighted by atomic mass is 16.3. The van der Waals surface area contributed by atoms with E-state index < -0.39 is 0 Å². The zero-order chi connectivity index (χ0) is 10.3. The molecule has 0 bridgehead atoms. The Morgan fingerprint density at radius 3 is 1.86 bits per heavy atom. The van der Waals surface area contributed by atoms with E-state index in [-0.39, 0.29) is 6.10 Å². The van der Waals surface area contributed by atoms with Crippen LogP contribution in [0.4, 0.5) is 0 Å². The van der Waals surface area contributed by atoms with E-state index in [9.17, 15) is 5.11 Å². The molecule has 1 heteroatoms. The van der Waals surface area contributed by atoms with Gasteiger partial charge in [0.05, 0.1) is 6.10 Å². The zero-order valence-corrected chi connectivity index (χ0v) is 9.74. The lowest BCUT2D eigenvalue weighted by atomic mass is 9.82. The van der Waals surface area contributed by atoms with E-state index in [1.807, 2.05) is 0 Å². The molecule has 0 spiro atoms. The largest absolute Gasteiger partial charge is 0.393 e. The van der Waals surface area contributed by atoms with Crippen molar-refractivity contribution in [1.29, 1.82) is 0 Å². The Balaban J connectivity index is 1.91. The molecule has 0 radical (unpaired) electrons. The Morgan fingerprint density at radius 1 is 0.929 bits per heavy atom. The number of aliphatic hydroxyl groups is 1. The highest BCUT2D eigenvalue weighted by Gasteiger charge is 2.42. The fourth-order valence-corrected chi connectivity index (χ4v) is 3.61. The summed E-state index contributed by atoms with van der Waals surface area (Å²) in [7, 11) is 0. The Bertz CT molecular complexity index is 185. The van der Waals surface area contributed by atoms with Crippen LogP contribution in [0.2, 0.25) is 0 Å². The Hall–Kier alpha value is -0.0400. The molecule has 1 nitrogen and oxygen atoms in total. The quantitative estimate of drug-likeness (QED) is 0.719. The van der Waals surface area contributed by atoms with Gasteiger partial charge in [-0.3, -0.25) is 0 Å². The van der Waals surface area contributed by atoms with E-state index in [1.165, 1.54) is 12.8 Å². The number of aliphatic hydroxyl groups excluding tert-OH is 1. The molecule has 0 aliphatic heterocycles. The van der Waals surface area contributed by atoms with Crippen molar-refractivity contribution in [2.75, 3.05) is 0 Å². The van der Waals surface area contributed by atoms with Crippen LogP contribution in [-0.4, -0.2) is 11.2 Å². The molecule has 0 aromatic rings. The molecule has 1 N–H and O–H groups in total. The van der Waals surface area contributed by atoms with E-state index in [1.54, 1.807) is 0 Å². The van der Waals surface area contributed by atoms with Gasteiger partial charge in [0.2, 0.25) is 0 Å². The molecule has 82 valence electrons. The van der Waals surface area contributed by atoms with Crippen molar-refractivity contribution in [3.05, 3.63) is 0 Å². The molecule has 2 aliphatic rings. The highest BCUT2D eigenvalue weighted by molar-refractivity contribution is 4.93. The first-order chi connectivity index (χ1) is 6.58. The number of hydrogen-bond acceptors (Lipinski definition) is 1. The fraction of sp³-hybridized carbons (Fsp3) is 1.00. The molecule has 3 unspecified atom stereocenters. The van der Waals surface area contributed by atoms with Gasteiger partial charge in [-0.25, -0.2) is 0 Å². The number of fused-ring (bicyclic) bond motifs is 1. The van der Waals surface area contributed by atoms with E-state index >= 15 is 0 Å². The Kier molecular flexibility index (Phi) is 2.88. The van der Waals surface area contributed by atoms with Gasteiger partial charge in [-0.05, 0) is 55.3 Å². The molecule has 2 saturated carbocycles. The topological polar surface area (TPSA) is 20.2 Å². The third kappa shape index (κ3) is 1.84. The summed E-state index contributed by atoms with van der Waals surface area (Å²) >= 11 is 0. The van der Waals surface area contributed by atoms with Crippen molar-refractivity contribution in [2.45, 2.75) is 52.6 Å². The summed E-state index contributed by atoms with van der Waals surface area (Å²) in [5, 5.41) is 9.57. The van der Waals surface area contributed by atoms with Gasteiger partial charge >= 0.3 is 0 Å². The lowest BCUT2D eigenvalue weighted by Crippen LogP contribution is -2.16. The maximum absolute atomic E-state index is 9.57. The second-order valence-electron chi connectivity index (χ2n) is 5.98. The molecule has 0 saturated heterocycles. The van der Waals surface area contributed by atoms with E-state index in [4.69, 9.17) is 0 Å². The van der Waals surface area contributed by atoms with Gasteiger partial charge in [0.1, 0.15) is 0 Å². The average Bonchev–Trinajstić information content (AvgIpc) is 2.59. The van der Waals surface area contributed by atoms with Gasteiger partial charge in [0.25, 0.3) is 0 Å². The second kappa shape index (κ2) is 3.84. The second-order valence-corrected chi connectivity index (χ2v) is 5.98. The van der Waals surface area contributed by atoms with Crippen molar-refractivity contribution in [1.82, 2.24) is 0 Å². The summed E-state index contributed by atoms with van der Waals surface area (Å²) in [5.74, 6) is 4.35. The van der Waals surface area contributed by atoms with Gasteiger partial charge in [-0.2, -0.15) is 0 Å². The van der Waals surface area contributed by atoms with Gasteiger partial charge in [-0.15, -0.1) is 0 Å². The van der Waals surface area contributed by atoms with Gasteiger partial charge in [0, 0.05) is 0 Å². The normalized spacial score (nSPS) is 44.4. The monoisotopic (exact) mass is 196 g/mol. The smallest absolute Gasteiger partial charge is 0.0545 e. The molecule has 0 aromatic carbocycles. The van der Waals surface area contributed by atoms with Gasteiger partial charge < -0.3 is 5.11 Å². The molecule has 0 aromatic heterocycles. The first-order valence-electron chi connectivity index (χ1n) is 6.26. The summed E-state index contributed by atoms with van der Waals surface area (Å²) in [4.78, 5) is 0. The first-order valence-corrected chi connectivity index (χ1v) is 6.26. The summed E-state index contributed by atoms with van der Waals surface area (Å²) in [6.45, 7) is 7.09. The number of hydrogen-bond donors (Lipinski definition) is 1. The van der Waals surface area contributed by atoms with Crippen molar-refractivity contribution in [2.24, 2.45) is 29.6 Å². The summed E-state index contributed by atoms with van der Waals surface area (Å²) in [6.07, 6.45) is 4.99. The summed E-state index contributed by atoms with van der Waals surface area (Å²) < 4.78 is 0. The van der Waals surface area contributed by atoms with Crippen LogP contribution >= 0.6 is 0 Å². The molecular formula is C13H24O. The van der Waals surface area contributed by atoms with Crippen molar-refractivity contribution < 1.29 is 5.11 Å². The van der Waals surface area contributed by atoms with Crippen LogP contribution in [0.3, 0.4) is 0 Å². The van der Waals surface area contributed by atoms with Crippen LogP contribution in [0.5, 0.6) is 0 Å². The van der Waals surface area contributed by atoms with Crippen LogP contribution in [0, 0.1) is 29.6 Å². The minimum absolute atomic E-state index is 0.0281. The lowest BCUT2D eigenvalue weighted by molar-refractivity contribution is 0.162. The molecule has 2 rings (SSSR count). The Morgan fingerprint density at radius 2 is 1.43 bits per heavy atom. The summed E-state index contributed by atoms with van der Waals surface area (Å²) in [6, 6.07) is 0. The molecule has 14 heavy (non-hydrogen) atoms. The number of rotatable bonds is 2. The van der Waals surface area contributed by atoms with Crippen LogP contribution < -0.4 is 0 Å². The SMILES string of the molecule is CC(C)C(C)C1CC2CC(O)CC2C1. The van der Waals surface area contributed by atoms with Crippen molar-refractivity contribution >= 4 is 0 Å². The standard InChI is InChI=1S/C13H24O/c1-8(2)9(3)10-4-11-6-13(14)7-12(11)5-10/h8-14H,4-7H2,1-3H3. The molecule has 2 fully saturated rings. The highest BCUT2D eigenvalue weighted by Crippen LogP contribution is 2.49. The molecule has 3 atom stereocenters. The average molecular weight is 196 g/mol. The third-order valence-corrected chi connectivity index (χ3v) is 4.82. The maximum atomic E-state index is 9.57. The predicted octanol–water partition coefficient (Wildman–Crippen LogP) is 3.08. The maximum Gasteiger partial charge on any atom is 0.0545 e. The van der Waals surface area contributed by atoms with Gasteiger partial charge in [0.15, 0.2) is 0 Å². The van der Waals surface area contributed by atoms with Crippen LogP contribution in [0.25, 0.3) is 0 Å². The molecular weight excluding hydrogens is 172 g/mol. The first kappa shape index (κ1) is 10.5. The molecule has 0 amide bonds. The minimum atomic E-state index is 0.0281. The third-order valence-electron chi connectivity index (χ3n) is 4.82. The van der Waals surface area contributed by atoms with Crippen LogP contribution in [0.15, 0.2) is 0 Å². The van der Waals surface area contributed by atoms with Crippen LogP contribution in [-0.2, 0) is 0 Å². The van der Waals surface area contributed by atoms with Crippen molar-refractivity contribution in [3.8, 4) is 0 Å². The minimum Gasteiger partial charge on any atom is -0.393 e. The predicted molar refractivity (Wildman–Crippen MR) is 58.9 cm³/mol.